The number of carbonyl (C=O) groups excluding carboxylic acids is 2. The molecule has 2 N–H and O–H groups in total. The molecule has 0 aliphatic heterocycles. The Hall–Kier alpha value is -3.66. The van der Waals surface area contributed by atoms with Gasteiger partial charge in [-0.25, -0.2) is 0 Å². The third-order valence-electron chi connectivity index (χ3n) is 4.10. The predicted molar refractivity (Wildman–Crippen MR) is 110 cm³/mol. The molecule has 27 heavy (non-hydrogen) atoms. The number of rotatable bonds is 5. The molecular formula is C23H20N2O2. The first-order valence-electron chi connectivity index (χ1n) is 8.63. The van der Waals surface area contributed by atoms with Crippen molar-refractivity contribution in [1.82, 2.24) is 0 Å². The lowest BCUT2D eigenvalue weighted by molar-refractivity contribution is -0.111. The molecule has 4 nitrogen and oxygen atoms in total. The van der Waals surface area contributed by atoms with E-state index in [0.29, 0.717) is 16.9 Å². The van der Waals surface area contributed by atoms with Crippen molar-refractivity contribution in [1.29, 1.82) is 0 Å². The van der Waals surface area contributed by atoms with Gasteiger partial charge in [-0.05, 0) is 48.4 Å². The second kappa shape index (κ2) is 8.63. The van der Waals surface area contributed by atoms with Crippen molar-refractivity contribution in [2.45, 2.75) is 6.92 Å². The molecule has 2 amide bonds. The Morgan fingerprint density at radius 3 is 2.00 bits per heavy atom. The highest BCUT2D eigenvalue weighted by atomic mass is 16.2. The average molecular weight is 356 g/mol. The molecule has 3 aromatic rings. The van der Waals surface area contributed by atoms with E-state index >= 15 is 0 Å². The van der Waals surface area contributed by atoms with Crippen LogP contribution in [0.15, 0.2) is 84.9 Å². The van der Waals surface area contributed by atoms with Gasteiger partial charge in [-0.1, -0.05) is 54.6 Å². The summed E-state index contributed by atoms with van der Waals surface area (Å²) in [6.45, 7) is 1.86. The lowest BCUT2D eigenvalue weighted by Gasteiger charge is -2.13. The molecule has 0 aromatic heterocycles. The van der Waals surface area contributed by atoms with E-state index < -0.39 is 0 Å². The van der Waals surface area contributed by atoms with E-state index in [-0.39, 0.29) is 11.8 Å². The van der Waals surface area contributed by atoms with Crippen molar-refractivity contribution in [3.05, 3.63) is 102 Å². The van der Waals surface area contributed by atoms with Gasteiger partial charge in [-0.3, -0.25) is 9.59 Å². The monoisotopic (exact) mass is 356 g/mol. The molecule has 0 saturated heterocycles. The molecule has 4 heteroatoms. The van der Waals surface area contributed by atoms with E-state index in [9.17, 15) is 9.59 Å². The van der Waals surface area contributed by atoms with Crippen molar-refractivity contribution in [2.24, 2.45) is 0 Å². The fraction of sp³-hybridized carbons (Fsp3) is 0.0435. The molecule has 0 fully saturated rings. The van der Waals surface area contributed by atoms with Crippen LogP contribution in [0.5, 0.6) is 0 Å². The van der Waals surface area contributed by atoms with Crippen molar-refractivity contribution < 1.29 is 9.59 Å². The van der Waals surface area contributed by atoms with Crippen LogP contribution >= 0.6 is 0 Å². The maximum atomic E-state index is 12.3. The fourth-order valence-electron chi connectivity index (χ4n) is 2.60. The largest absolute Gasteiger partial charge is 0.322 e. The van der Waals surface area contributed by atoms with Gasteiger partial charge in [0.2, 0.25) is 5.91 Å². The predicted octanol–water partition coefficient (Wildman–Crippen LogP) is 4.90. The van der Waals surface area contributed by atoms with Crippen LogP contribution in [0.25, 0.3) is 6.08 Å². The summed E-state index contributed by atoms with van der Waals surface area (Å²) in [7, 11) is 0. The Kier molecular flexibility index (Phi) is 5.80. The van der Waals surface area contributed by atoms with E-state index in [2.05, 4.69) is 10.6 Å². The molecule has 0 spiro atoms. The minimum absolute atomic E-state index is 0.189. The van der Waals surface area contributed by atoms with Crippen LogP contribution in [-0.4, -0.2) is 11.8 Å². The summed E-state index contributed by atoms with van der Waals surface area (Å²) in [5.74, 6) is -0.417. The highest BCUT2D eigenvalue weighted by Gasteiger charge is 2.10. The van der Waals surface area contributed by atoms with Crippen LogP contribution in [0.3, 0.4) is 0 Å². The number of hydrogen-bond acceptors (Lipinski definition) is 2. The zero-order valence-corrected chi connectivity index (χ0v) is 15.0. The van der Waals surface area contributed by atoms with Gasteiger partial charge in [-0.2, -0.15) is 0 Å². The normalized spacial score (nSPS) is 10.6. The van der Waals surface area contributed by atoms with Crippen LogP contribution in [0, 0.1) is 6.92 Å². The highest BCUT2D eigenvalue weighted by Crippen LogP contribution is 2.24. The van der Waals surface area contributed by atoms with Gasteiger partial charge < -0.3 is 10.6 Å². The Bertz CT molecular complexity index is 964. The van der Waals surface area contributed by atoms with Crippen molar-refractivity contribution in [2.75, 3.05) is 10.6 Å². The van der Waals surface area contributed by atoms with Gasteiger partial charge in [0.1, 0.15) is 0 Å². The Morgan fingerprint density at radius 1 is 0.741 bits per heavy atom. The average Bonchev–Trinajstić information content (AvgIpc) is 2.71. The summed E-state index contributed by atoms with van der Waals surface area (Å²) in [6.07, 6.45) is 3.25. The molecule has 3 aromatic carbocycles. The number of amides is 2. The summed E-state index contributed by atoms with van der Waals surface area (Å²) in [5.41, 5.74) is 3.64. The number of nitrogens with one attached hydrogen (secondary N) is 2. The quantitative estimate of drug-likeness (QED) is 0.639. The van der Waals surface area contributed by atoms with Crippen LogP contribution in [-0.2, 0) is 4.79 Å². The summed E-state index contributed by atoms with van der Waals surface area (Å²) in [4.78, 5) is 24.6. The number of anilines is 2. The van der Waals surface area contributed by atoms with E-state index in [1.807, 2.05) is 67.6 Å². The molecule has 0 bridgehead atoms. The second-order valence-electron chi connectivity index (χ2n) is 6.03. The first-order chi connectivity index (χ1) is 13.1. The molecular weight excluding hydrogens is 336 g/mol. The first-order valence-corrected chi connectivity index (χ1v) is 8.63. The number of hydrogen-bond donors (Lipinski definition) is 2. The minimum Gasteiger partial charge on any atom is -0.322 e. The van der Waals surface area contributed by atoms with E-state index in [1.165, 1.54) is 6.08 Å². The van der Waals surface area contributed by atoms with Gasteiger partial charge >= 0.3 is 0 Å². The maximum absolute atomic E-state index is 12.3. The standard InChI is InChI=1S/C23H20N2O2/c1-17-20(24-22(26)16-15-18-9-4-2-5-10-18)13-8-14-21(17)25-23(27)19-11-6-3-7-12-19/h2-16H,1H3,(H,24,26)(H,25,27)/b16-15+. The molecule has 134 valence electrons. The van der Waals surface area contributed by atoms with Gasteiger partial charge in [0.25, 0.3) is 5.91 Å². The fourth-order valence-corrected chi connectivity index (χ4v) is 2.60. The molecule has 0 saturated carbocycles. The van der Waals surface area contributed by atoms with Crippen LogP contribution in [0.4, 0.5) is 11.4 Å². The molecule has 0 radical (unpaired) electrons. The lowest BCUT2D eigenvalue weighted by Crippen LogP contribution is -2.14. The summed E-state index contributed by atoms with van der Waals surface area (Å²) in [5, 5.41) is 5.75. The molecule has 0 aliphatic rings. The van der Waals surface area contributed by atoms with Gasteiger partial charge in [0.15, 0.2) is 0 Å². The zero-order chi connectivity index (χ0) is 19.1. The smallest absolute Gasteiger partial charge is 0.255 e. The summed E-state index contributed by atoms with van der Waals surface area (Å²) >= 11 is 0. The van der Waals surface area contributed by atoms with Crippen molar-refractivity contribution >= 4 is 29.3 Å². The molecule has 0 unspecified atom stereocenters. The Balaban J connectivity index is 1.70. The second-order valence-corrected chi connectivity index (χ2v) is 6.03. The Morgan fingerprint density at radius 2 is 1.33 bits per heavy atom. The summed E-state index contributed by atoms with van der Waals surface area (Å²) < 4.78 is 0. The van der Waals surface area contributed by atoms with Crippen LogP contribution in [0.2, 0.25) is 0 Å². The van der Waals surface area contributed by atoms with Crippen LogP contribution < -0.4 is 10.6 Å². The zero-order valence-electron chi connectivity index (χ0n) is 15.0. The van der Waals surface area contributed by atoms with Gasteiger partial charge in [0, 0.05) is 23.0 Å². The first kappa shape index (κ1) is 18.1. The lowest BCUT2D eigenvalue weighted by atomic mass is 10.1. The van der Waals surface area contributed by atoms with E-state index in [0.717, 1.165) is 11.1 Å². The SMILES string of the molecule is Cc1c(NC(=O)/C=C/c2ccccc2)cccc1NC(=O)c1ccccc1. The minimum atomic E-state index is -0.228. The maximum Gasteiger partial charge on any atom is 0.255 e. The van der Waals surface area contributed by atoms with Crippen molar-refractivity contribution in [3.8, 4) is 0 Å². The third-order valence-corrected chi connectivity index (χ3v) is 4.10. The molecule has 0 heterocycles. The molecule has 0 aliphatic carbocycles. The Labute approximate surface area is 158 Å². The summed E-state index contributed by atoms with van der Waals surface area (Å²) in [6, 6.07) is 24.0. The topological polar surface area (TPSA) is 58.2 Å². The number of benzene rings is 3. The van der Waals surface area contributed by atoms with E-state index in [4.69, 9.17) is 0 Å². The highest BCUT2D eigenvalue weighted by molar-refractivity contribution is 6.06. The van der Waals surface area contributed by atoms with E-state index in [1.54, 1.807) is 24.3 Å². The van der Waals surface area contributed by atoms with Crippen molar-refractivity contribution in [3.63, 3.8) is 0 Å². The molecule has 0 atom stereocenters. The van der Waals surface area contributed by atoms with Gasteiger partial charge in [0.05, 0.1) is 0 Å². The van der Waals surface area contributed by atoms with Crippen LogP contribution in [0.1, 0.15) is 21.5 Å². The number of carbonyl (C=O) groups is 2. The van der Waals surface area contributed by atoms with Gasteiger partial charge in [-0.15, -0.1) is 0 Å². The molecule has 3 rings (SSSR count). The third kappa shape index (κ3) is 4.92.